The first kappa shape index (κ1) is 14.7. The van der Waals surface area contributed by atoms with E-state index in [1.54, 1.807) is 0 Å². The minimum atomic E-state index is -0.527. The molecule has 0 heterocycles. The number of hydrogen-bond donors (Lipinski definition) is 3. The maximum atomic E-state index is 11.8. The van der Waals surface area contributed by atoms with Crippen molar-refractivity contribution in [1.29, 1.82) is 0 Å². The van der Waals surface area contributed by atoms with E-state index in [4.69, 9.17) is 11.5 Å². The van der Waals surface area contributed by atoms with Crippen molar-refractivity contribution in [2.75, 3.05) is 6.54 Å². The Bertz CT molecular complexity index is 384. The van der Waals surface area contributed by atoms with Crippen molar-refractivity contribution in [2.45, 2.75) is 32.9 Å². The van der Waals surface area contributed by atoms with E-state index in [0.29, 0.717) is 6.54 Å². The lowest BCUT2D eigenvalue weighted by Crippen LogP contribution is -2.49. The van der Waals surface area contributed by atoms with Gasteiger partial charge >= 0.3 is 0 Å². The van der Waals surface area contributed by atoms with E-state index in [9.17, 15) is 4.79 Å². The smallest absolute Gasteiger partial charge is 0.237 e. The number of benzene rings is 1. The van der Waals surface area contributed by atoms with Gasteiger partial charge in [-0.15, -0.1) is 0 Å². The van der Waals surface area contributed by atoms with Gasteiger partial charge in [-0.05, 0) is 11.0 Å². The molecule has 5 N–H and O–H groups in total. The van der Waals surface area contributed by atoms with Gasteiger partial charge in [-0.1, -0.05) is 51.1 Å². The third-order valence-corrected chi connectivity index (χ3v) is 2.94. The van der Waals surface area contributed by atoms with Crippen LogP contribution in [0.4, 0.5) is 0 Å². The lowest BCUT2D eigenvalue weighted by molar-refractivity contribution is -0.124. The number of nitrogens with one attached hydrogen (secondary N) is 1. The monoisotopic (exact) mass is 249 g/mol. The highest BCUT2D eigenvalue weighted by molar-refractivity contribution is 5.82. The zero-order valence-corrected chi connectivity index (χ0v) is 11.3. The number of hydrogen-bond acceptors (Lipinski definition) is 3. The van der Waals surface area contributed by atoms with Gasteiger partial charge in [0.25, 0.3) is 0 Å². The molecule has 0 saturated carbocycles. The second kappa shape index (κ2) is 5.98. The topological polar surface area (TPSA) is 81.1 Å². The molecule has 1 aromatic rings. The molecular formula is C14H23N3O. The molecule has 0 spiro atoms. The molecule has 1 unspecified atom stereocenters. The van der Waals surface area contributed by atoms with E-state index in [-0.39, 0.29) is 17.4 Å². The van der Waals surface area contributed by atoms with Crippen LogP contribution >= 0.6 is 0 Å². The standard InChI is InChI=1S/C14H23N3O/c1-14(2,3)12(16)13(18)17-9-11(15)10-7-5-4-6-8-10/h4-8,11-12H,9,15-16H2,1-3H3,(H,17,18)/t11?,12-/m1/s1. The molecule has 0 aromatic heterocycles. The predicted octanol–water partition coefficient (Wildman–Crippen LogP) is 1.18. The molecule has 0 fully saturated rings. The van der Waals surface area contributed by atoms with Gasteiger partial charge in [-0.3, -0.25) is 4.79 Å². The van der Waals surface area contributed by atoms with Gasteiger partial charge in [0.15, 0.2) is 0 Å². The molecule has 1 aromatic carbocycles. The summed E-state index contributed by atoms with van der Waals surface area (Å²) in [5, 5.41) is 2.80. The van der Waals surface area contributed by atoms with Gasteiger partial charge in [-0.2, -0.15) is 0 Å². The van der Waals surface area contributed by atoms with Crippen LogP contribution in [-0.2, 0) is 4.79 Å². The van der Waals surface area contributed by atoms with E-state index in [1.165, 1.54) is 0 Å². The number of carbonyl (C=O) groups is 1. The Hall–Kier alpha value is -1.39. The van der Waals surface area contributed by atoms with Crippen molar-refractivity contribution in [1.82, 2.24) is 5.32 Å². The van der Waals surface area contributed by atoms with Gasteiger partial charge < -0.3 is 16.8 Å². The average molecular weight is 249 g/mol. The maximum absolute atomic E-state index is 11.8. The van der Waals surface area contributed by atoms with Crippen molar-refractivity contribution >= 4 is 5.91 Å². The molecule has 4 nitrogen and oxygen atoms in total. The van der Waals surface area contributed by atoms with Crippen molar-refractivity contribution < 1.29 is 4.79 Å². The molecular weight excluding hydrogens is 226 g/mol. The lowest BCUT2D eigenvalue weighted by atomic mass is 9.87. The van der Waals surface area contributed by atoms with Crippen molar-refractivity contribution in [3.8, 4) is 0 Å². The quantitative estimate of drug-likeness (QED) is 0.749. The van der Waals surface area contributed by atoms with E-state index in [0.717, 1.165) is 5.56 Å². The normalized spacial score (nSPS) is 14.9. The van der Waals surface area contributed by atoms with Gasteiger partial charge in [0.05, 0.1) is 6.04 Å². The highest BCUT2D eigenvalue weighted by atomic mass is 16.2. The second-order valence-corrected chi connectivity index (χ2v) is 5.61. The molecule has 0 saturated heterocycles. The van der Waals surface area contributed by atoms with Crippen molar-refractivity contribution in [3.63, 3.8) is 0 Å². The Morgan fingerprint density at radius 3 is 2.28 bits per heavy atom. The third kappa shape index (κ3) is 4.13. The van der Waals surface area contributed by atoms with E-state index >= 15 is 0 Å². The van der Waals surface area contributed by atoms with Crippen LogP contribution in [0, 0.1) is 5.41 Å². The van der Waals surface area contributed by atoms with E-state index in [1.807, 2.05) is 51.1 Å². The molecule has 18 heavy (non-hydrogen) atoms. The zero-order chi connectivity index (χ0) is 13.8. The highest BCUT2D eigenvalue weighted by Gasteiger charge is 2.27. The van der Waals surface area contributed by atoms with Crippen LogP contribution in [0.2, 0.25) is 0 Å². The summed E-state index contributed by atoms with van der Waals surface area (Å²) >= 11 is 0. The highest BCUT2D eigenvalue weighted by Crippen LogP contribution is 2.17. The molecule has 1 rings (SSSR count). The van der Waals surface area contributed by atoms with Gasteiger partial charge in [0.1, 0.15) is 0 Å². The minimum absolute atomic E-state index is 0.158. The first-order chi connectivity index (χ1) is 8.32. The molecule has 2 atom stereocenters. The summed E-state index contributed by atoms with van der Waals surface area (Å²) in [4.78, 5) is 11.8. The summed E-state index contributed by atoms with van der Waals surface area (Å²) in [6.45, 7) is 6.21. The Morgan fingerprint density at radius 2 is 1.78 bits per heavy atom. The van der Waals surface area contributed by atoms with Crippen molar-refractivity contribution in [2.24, 2.45) is 16.9 Å². The molecule has 0 radical (unpaired) electrons. The zero-order valence-electron chi connectivity index (χ0n) is 11.3. The first-order valence-corrected chi connectivity index (χ1v) is 6.16. The van der Waals surface area contributed by atoms with E-state index in [2.05, 4.69) is 5.32 Å². The molecule has 0 aliphatic heterocycles. The number of amides is 1. The summed E-state index contributed by atoms with van der Waals surface area (Å²) in [5.41, 5.74) is 12.6. The molecule has 1 amide bonds. The largest absolute Gasteiger partial charge is 0.353 e. The average Bonchev–Trinajstić information content (AvgIpc) is 2.34. The number of carbonyl (C=O) groups excluding carboxylic acids is 1. The summed E-state index contributed by atoms with van der Waals surface area (Å²) < 4.78 is 0. The van der Waals surface area contributed by atoms with Gasteiger partial charge in [0.2, 0.25) is 5.91 Å². The molecule has 100 valence electrons. The van der Waals surface area contributed by atoms with Crippen molar-refractivity contribution in [3.05, 3.63) is 35.9 Å². The first-order valence-electron chi connectivity index (χ1n) is 6.16. The van der Waals surface area contributed by atoms with Crippen LogP contribution in [0.1, 0.15) is 32.4 Å². The lowest BCUT2D eigenvalue weighted by Gasteiger charge is -2.26. The van der Waals surface area contributed by atoms with Crippen LogP contribution in [0.3, 0.4) is 0 Å². The van der Waals surface area contributed by atoms with Crippen LogP contribution in [0.25, 0.3) is 0 Å². The van der Waals surface area contributed by atoms with Crippen LogP contribution in [0.5, 0.6) is 0 Å². The maximum Gasteiger partial charge on any atom is 0.237 e. The van der Waals surface area contributed by atoms with Gasteiger partial charge in [-0.25, -0.2) is 0 Å². The molecule has 4 heteroatoms. The van der Waals surface area contributed by atoms with E-state index < -0.39 is 6.04 Å². The Morgan fingerprint density at radius 1 is 1.22 bits per heavy atom. The van der Waals surface area contributed by atoms with Gasteiger partial charge in [0, 0.05) is 12.6 Å². The Balaban J connectivity index is 2.49. The van der Waals surface area contributed by atoms with Crippen LogP contribution < -0.4 is 16.8 Å². The summed E-state index contributed by atoms with van der Waals surface area (Å²) in [7, 11) is 0. The third-order valence-electron chi connectivity index (χ3n) is 2.94. The van der Waals surface area contributed by atoms with Crippen LogP contribution in [-0.4, -0.2) is 18.5 Å². The number of rotatable bonds is 4. The summed E-state index contributed by atoms with van der Waals surface area (Å²) in [6.07, 6.45) is 0. The summed E-state index contributed by atoms with van der Waals surface area (Å²) in [5.74, 6) is -0.158. The summed E-state index contributed by atoms with van der Waals surface area (Å²) in [6, 6.07) is 8.95. The second-order valence-electron chi connectivity index (χ2n) is 5.61. The fourth-order valence-electron chi connectivity index (χ4n) is 1.53. The predicted molar refractivity (Wildman–Crippen MR) is 73.8 cm³/mol. The SMILES string of the molecule is CC(C)(C)[C@H](N)C(=O)NCC(N)c1ccccc1. The molecule has 0 bridgehead atoms. The minimum Gasteiger partial charge on any atom is -0.353 e. The molecule has 0 aliphatic carbocycles. The molecule has 0 aliphatic rings. The Labute approximate surface area is 109 Å². The fourth-order valence-corrected chi connectivity index (χ4v) is 1.53. The number of nitrogens with two attached hydrogens (primary N) is 2. The van der Waals surface area contributed by atoms with Crippen LogP contribution in [0.15, 0.2) is 30.3 Å². The fraction of sp³-hybridized carbons (Fsp3) is 0.500. The Kier molecular flexibility index (Phi) is 4.87.